The minimum Gasteiger partial charge on any atom is -0.339 e. The summed E-state index contributed by atoms with van der Waals surface area (Å²) in [5, 5.41) is 2.84. The van der Waals surface area contributed by atoms with Crippen molar-refractivity contribution in [1.82, 2.24) is 9.88 Å². The Labute approximate surface area is 141 Å². The molecule has 1 aromatic heterocycles. The number of rotatable bonds is 3. The summed E-state index contributed by atoms with van der Waals surface area (Å²) in [5.74, 6) is -0.311. The van der Waals surface area contributed by atoms with E-state index in [0.29, 0.717) is 11.1 Å². The van der Waals surface area contributed by atoms with Crippen LogP contribution in [0.4, 0.5) is 5.69 Å². The van der Waals surface area contributed by atoms with E-state index in [1.165, 1.54) is 18.8 Å². The van der Waals surface area contributed by atoms with E-state index < -0.39 is 0 Å². The third-order valence-electron chi connectivity index (χ3n) is 4.17. The van der Waals surface area contributed by atoms with E-state index >= 15 is 0 Å². The number of pyridine rings is 1. The molecule has 1 fully saturated rings. The largest absolute Gasteiger partial charge is 0.339 e. The average molecular weight is 323 g/mol. The number of piperidine rings is 1. The van der Waals surface area contributed by atoms with Gasteiger partial charge in [0.15, 0.2) is 0 Å². The molecule has 3 rings (SSSR count). The average Bonchev–Trinajstić information content (AvgIpc) is 2.62. The van der Waals surface area contributed by atoms with E-state index in [1.54, 1.807) is 6.07 Å². The molecular weight excluding hydrogens is 302 g/mol. The van der Waals surface area contributed by atoms with Gasteiger partial charge in [-0.2, -0.15) is 0 Å². The first kappa shape index (κ1) is 16.2. The van der Waals surface area contributed by atoms with Gasteiger partial charge in [0.1, 0.15) is 0 Å². The molecule has 124 valence electrons. The van der Waals surface area contributed by atoms with Crippen LogP contribution in [0.25, 0.3) is 0 Å². The molecule has 1 saturated heterocycles. The summed E-state index contributed by atoms with van der Waals surface area (Å²) in [7, 11) is 0. The smallest absolute Gasteiger partial charge is 0.257 e. The second-order valence-electron chi connectivity index (χ2n) is 6.14. The van der Waals surface area contributed by atoms with E-state index in [4.69, 9.17) is 0 Å². The van der Waals surface area contributed by atoms with Crippen LogP contribution >= 0.6 is 0 Å². The summed E-state index contributed by atoms with van der Waals surface area (Å²) >= 11 is 0. The van der Waals surface area contributed by atoms with Gasteiger partial charge in [0.25, 0.3) is 11.8 Å². The molecule has 5 heteroatoms. The molecule has 1 aliphatic rings. The van der Waals surface area contributed by atoms with Crippen molar-refractivity contribution in [1.29, 1.82) is 0 Å². The van der Waals surface area contributed by atoms with Gasteiger partial charge in [-0.05, 0) is 49.9 Å². The first-order chi connectivity index (χ1) is 11.6. The Bertz CT molecular complexity index is 752. The molecular formula is C19H21N3O2. The number of hydrogen-bond acceptors (Lipinski definition) is 3. The highest BCUT2D eigenvalue weighted by Crippen LogP contribution is 2.15. The number of hydrogen-bond donors (Lipinski definition) is 1. The van der Waals surface area contributed by atoms with Gasteiger partial charge in [-0.15, -0.1) is 0 Å². The third kappa shape index (κ3) is 3.79. The molecule has 1 N–H and O–H groups in total. The molecule has 2 heterocycles. The van der Waals surface area contributed by atoms with E-state index in [1.807, 2.05) is 36.1 Å². The second kappa shape index (κ2) is 7.25. The van der Waals surface area contributed by atoms with Gasteiger partial charge in [0, 0.05) is 31.2 Å². The van der Waals surface area contributed by atoms with Crippen molar-refractivity contribution in [3.05, 3.63) is 59.4 Å². The molecule has 0 unspecified atom stereocenters. The Hall–Kier alpha value is -2.69. The first-order valence-electron chi connectivity index (χ1n) is 8.26. The van der Waals surface area contributed by atoms with Crippen molar-refractivity contribution < 1.29 is 9.59 Å². The van der Waals surface area contributed by atoms with E-state index in [9.17, 15) is 9.59 Å². The normalized spacial score (nSPS) is 14.3. The number of anilines is 1. The van der Waals surface area contributed by atoms with E-state index in [-0.39, 0.29) is 11.8 Å². The van der Waals surface area contributed by atoms with Crippen molar-refractivity contribution in [2.75, 3.05) is 18.4 Å². The maximum Gasteiger partial charge on any atom is 0.257 e. The first-order valence-corrected chi connectivity index (χ1v) is 8.26. The third-order valence-corrected chi connectivity index (χ3v) is 4.17. The lowest BCUT2D eigenvalue weighted by molar-refractivity contribution is 0.0724. The second-order valence-corrected chi connectivity index (χ2v) is 6.14. The molecule has 0 aliphatic carbocycles. The molecule has 24 heavy (non-hydrogen) atoms. The zero-order valence-electron chi connectivity index (χ0n) is 13.8. The van der Waals surface area contributed by atoms with Gasteiger partial charge in [0.05, 0.1) is 11.1 Å². The molecule has 0 atom stereocenters. The molecule has 0 bridgehead atoms. The van der Waals surface area contributed by atoms with Crippen LogP contribution in [-0.4, -0.2) is 34.8 Å². The lowest BCUT2D eigenvalue weighted by Crippen LogP contribution is -2.35. The van der Waals surface area contributed by atoms with Crippen molar-refractivity contribution in [3.8, 4) is 0 Å². The summed E-state index contributed by atoms with van der Waals surface area (Å²) in [5.41, 5.74) is 2.65. The predicted octanol–water partition coefficient (Wildman–Crippen LogP) is 3.27. The van der Waals surface area contributed by atoms with Gasteiger partial charge in [-0.25, -0.2) is 0 Å². The molecule has 1 aromatic carbocycles. The number of carbonyl (C=O) groups is 2. The Morgan fingerprint density at radius 2 is 1.79 bits per heavy atom. The highest BCUT2D eigenvalue weighted by atomic mass is 16.2. The Kier molecular flexibility index (Phi) is 4.89. The van der Waals surface area contributed by atoms with Gasteiger partial charge < -0.3 is 10.2 Å². The van der Waals surface area contributed by atoms with Crippen LogP contribution in [-0.2, 0) is 0 Å². The van der Waals surface area contributed by atoms with Crippen molar-refractivity contribution >= 4 is 17.5 Å². The minimum atomic E-state index is -0.263. The van der Waals surface area contributed by atoms with Crippen LogP contribution < -0.4 is 5.32 Å². The Morgan fingerprint density at radius 1 is 1.04 bits per heavy atom. The monoisotopic (exact) mass is 323 g/mol. The number of amides is 2. The minimum absolute atomic E-state index is 0.0487. The number of aromatic nitrogens is 1. The number of likely N-dealkylation sites (tertiary alicyclic amines) is 1. The Morgan fingerprint density at radius 3 is 2.54 bits per heavy atom. The molecule has 0 spiro atoms. The maximum atomic E-state index is 12.5. The highest BCUT2D eigenvalue weighted by molar-refractivity contribution is 6.05. The van der Waals surface area contributed by atoms with Gasteiger partial charge in [-0.3, -0.25) is 14.6 Å². The maximum absolute atomic E-state index is 12.5. The lowest BCUT2D eigenvalue weighted by Gasteiger charge is -2.26. The molecule has 2 amide bonds. The van der Waals surface area contributed by atoms with Gasteiger partial charge in [-0.1, -0.05) is 12.1 Å². The number of benzene rings is 1. The lowest BCUT2D eigenvalue weighted by atomic mass is 10.1. The van der Waals surface area contributed by atoms with Crippen LogP contribution in [0.15, 0.2) is 42.7 Å². The summed E-state index contributed by atoms with van der Waals surface area (Å²) in [6, 6.07) is 9.21. The summed E-state index contributed by atoms with van der Waals surface area (Å²) in [4.78, 5) is 30.8. The van der Waals surface area contributed by atoms with E-state index in [2.05, 4.69) is 10.3 Å². The van der Waals surface area contributed by atoms with Crippen LogP contribution in [0.2, 0.25) is 0 Å². The summed E-state index contributed by atoms with van der Waals surface area (Å²) < 4.78 is 0. The fraction of sp³-hybridized carbons (Fsp3) is 0.316. The van der Waals surface area contributed by atoms with Crippen molar-refractivity contribution in [2.45, 2.75) is 26.2 Å². The van der Waals surface area contributed by atoms with Gasteiger partial charge in [0.2, 0.25) is 0 Å². The summed E-state index contributed by atoms with van der Waals surface area (Å²) in [6.07, 6.45) is 6.25. The summed E-state index contributed by atoms with van der Waals surface area (Å²) in [6.45, 7) is 3.52. The van der Waals surface area contributed by atoms with Gasteiger partial charge >= 0.3 is 0 Å². The fourth-order valence-electron chi connectivity index (χ4n) is 2.89. The van der Waals surface area contributed by atoms with Crippen molar-refractivity contribution in [3.63, 3.8) is 0 Å². The predicted molar refractivity (Wildman–Crippen MR) is 93.1 cm³/mol. The van der Waals surface area contributed by atoms with Crippen LogP contribution in [0.3, 0.4) is 0 Å². The van der Waals surface area contributed by atoms with Crippen LogP contribution in [0, 0.1) is 6.92 Å². The molecule has 1 aliphatic heterocycles. The standard InChI is InChI=1S/C19H21N3O2/c1-14-6-5-7-17(10-14)21-18(23)15-11-16(13-20-12-15)19(24)22-8-3-2-4-9-22/h5-7,10-13H,2-4,8-9H2,1H3,(H,21,23). The molecule has 2 aromatic rings. The van der Waals surface area contributed by atoms with Crippen LogP contribution in [0.1, 0.15) is 45.5 Å². The zero-order valence-corrected chi connectivity index (χ0v) is 13.8. The highest BCUT2D eigenvalue weighted by Gasteiger charge is 2.19. The topological polar surface area (TPSA) is 62.3 Å². The Balaban J connectivity index is 1.74. The number of aryl methyl sites for hydroxylation is 1. The zero-order chi connectivity index (χ0) is 16.9. The molecule has 0 saturated carbocycles. The van der Waals surface area contributed by atoms with E-state index in [0.717, 1.165) is 37.2 Å². The number of nitrogens with one attached hydrogen (secondary N) is 1. The molecule has 5 nitrogen and oxygen atoms in total. The van der Waals surface area contributed by atoms with Crippen molar-refractivity contribution in [2.24, 2.45) is 0 Å². The number of carbonyl (C=O) groups excluding carboxylic acids is 2. The number of nitrogens with zero attached hydrogens (tertiary/aromatic N) is 2. The fourth-order valence-corrected chi connectivity index (χ4v) is 2.89. The molecule has 0 radical (unpaired) electrons. The quantitative estimate of drug-likeness (QED) is 0.943. The van der Waals surface area contributed by atoms with Crippen LogP contribution in [0.5, 0.6) is 0 Å². The SMILES string of the molecule is Cc1cccc(NC(=O)c2cncc(C(=O)N3CCCCC3)c2)c1.